The first-order valence-electron chi connectivity index (χ1n) is 4.93. The fraction of sp³-hybridized carbons (Fsp3) is 0.273. The molecule has 0 spiro atoms. The lowest BCUT2D eigenvalue weighted by Crippen LogP contribution is -2.25. The molecule has 0 heterocycles. The van der Waals surface area contributed by atoms with Crippen LogP contribution in [0.15, 0.2) is 24.3 Å². The quantitative estimate of drug-likeness (QED) is 0.725. The smallest absolute Gasteiger partial charge is 0.308 e. The molecule has 0 fully saturated rings. The summed E-state index contributed by atoms with van der Waals surface area (Å²) < 4.78 is 0. The highest BCUT2D eigenvalue weighted by atomic mass is 35.5. The molecule has 0 aliphatic carbocycles. The average Bonchev–Trinajstić information content (AvgIpc) is 2.23. The van der Waals surface area contributed by atoms with Gasteiger partial charge in [0, 0.05) is 17.3 Å². The summed E-state index contributed by atoms with van der Waals surface area (Å²) in [6, 6.07) is 6.78. The lowest BCUT2D eigenvalue weighted by molar-refractivity contribution is -0.147. The van der Waals surface area contributed by atoms with Gasteiger partial charge in [0.1, 0.15) is 0 Å². The van der Waals surface area contributed by atoms with Gasteiger partial charge >= 0.3 is 11.9 Å². The van der Waals surface area contributed by atoms with Crippen LogP contribution in [0, 0.1) is 5.92 Å². The standard InChI is InChI=1S/C11H12ClNO4/c12-8-2-1-3-9(5-8)13-6-7(11(16)17)4-10(14)15/h1-3,5,7,13H,4,6H2,(H,14,15)(H,16,17). The Morgan fingerprint density at radius 3 is 2.59 bits per heavy atom. The van der Waals surface area contributed by atoms with Gasteiger partial charge in [0.2, 0.25) is 0 Å². The molecule has 0 saturated carbocycles. The molecule has 0 bridgehead atoms. The zero-order valence-corrected chi connectivity index (χ0v) is 9.65. The van der Waals surface area contributed by atoms with Crippen LogP contribution in [0.1, 0.15) is 6.42 Å². The first kappa shape index (κ1) is 13.3. The van der Waals surface area contributed by atoms with Crippen molar-refractivity contribution in [1.29, 1.82) is 0 Å². The van der Waals surface area contributed by atoms with E-state index in [0.717, 1.165) is 0 Å². The van der Waals surface area contributed by atoms with Gasteiger partial charge in [0.15, 0.2) is 0 Å². The largest absolute Gasteiger partial charge is 0.481 e. The van der Waals surface area contributed by atoms with Crippen LogP contribution in [0.5, 0.6) is 0 Å². The summed E-state index contributed by atoms with van der Waals surface area (Å²) in [5.41, 5.74) is 0.661. The highest BCUT2D eigenvalue weighted by Crippen LogP contribution is 2.15. The van der Waals surface area contributed by atoms with Gasteiger partial charge in [-0.3, -0.25) is 9.59 Å². The first-order valence-corrected chi connectivity index (χ1v) is 5.31. The van der Waals surface area contributed by atoms with Crippen molar-refractivity contribution in [1.82, 2.24) is 0 Å². The Bertz CT molecular complexity index is 422. The molecule has 1 rings (SSSR count). The van der Waals surface area contributed by atoms with Gasteiger partial charge in [-0.1, -0.05) is 17.7 Å². The molecule has 1 aromatic carbocycles. The second kappa shape index (κ2) is 6.10. The number of carboxylic acids is 2. The third-order valence-electron chi connectivity index (χ3n) is 2.15. The van der Waals surface area contributed by atoms with Crippen molar-refractivity contribution in [2.24, 2.45) is 5.92 Å². The molecule has 92 valence electrons. The zero-order chi connectivity index (χ0) is 12.8. The molecule has 0 aliphatic heterocycles. The van der Waals surface area contributed by atoms with Crippen LogP contribution in [0.2, 0.25) is 5.02 Å². The molecule has 6 heteroatoms. The summed E-state index contributed by atoms with van der Waals surface area (Å²) in [6.45, 7) is 0.0436. The Hall–Kier alpha value is -1.75. The Kier molecular flexibility index (Phi) is 4.78. The maximum atomic E-state index is 10.8. The lowest BCUT2D eigenvalue weighted by atomic mass is 10.1. The minimum Gasteiger partial charge on any atom is -0.481 e. The van der Waals surface area contributed by atoms with Crippen molar-refractivity contribution in [3.63, 3.8) is 0 Å². The number of hydrogen-bond acceptors (Lipinski definition) is 3. The van der Waals surface area contributed by atoms with E-state index in [2.05, 4.69) is 5.32 Å². The van der Waals surface area contributed by atoms with Gasteiger partial charge < -0.3 is 15.5 Å². The Morgan fingerprint density at radius 1 is 1.35 bits per heavy atom. The highest BCUT2D eigenvalue weighted by Gasteiger charge is 2.20. The van der Waals surface area contributed by atoms with Crippen LogP contribution in [0.25, 0.3) is 0 Å². The predicted octanol–water partition coefficient (Wildman–Crippen LogP) is 1.93. The van der Waals surface area contributed by atoms with E-state index in [4.69, 9.17) is 21.8 Å². The van der Waals surface area contributed by atoms with Gasteiger partial charge in [0.05, 0.1) is 12.3 Å². The van der Waals surface area contributed by atoms with E-state index >= 15 is 0 Å². The van der Waals surface area contributed by atoms with E-state index in [1.54, 1.807) is 24.3 Å². The van der Waals surface area contributed by atoms with Gasteiger partial charge in [-0.15, -0.1) is 0 Å². The van der Waals surface area contributed by atoms with Crippen molar-refractivity contribution < 1.29 is 19.8 Å². The van der Waals surface area contributed by atoms with Crippen LogP contribution in [-0.4, -0.2) is 28.7 Å². The monoisotopic (exact) mass is 257 g/mol. The topological polar surface area (TPSA) is 86.6 Å². The van der Waals surface area contributed by atoms with Crippen molar-refractivity contribution >= 4 is 29.2 Å². The van der Waals surface area contributed by atoms with E-state index in [9.17, 15) is 9.59 Å². The minimum atomic E-state index is -1.14. The summed E-state index contributed by atoms with van der Waals surface area (Å²) >= 11 is 5.76. The molecular weight excluding hydrogens is 246 g/mol. The second-order valence-corrected chi connectivity index (χ2v) is 3.96. The van der Waals surface area contributed by atoms with Crippen LogP contribution in [0.4, 0.5) is 5.69 Å². The summed E-state index contributed by atoms with van der Waals surface area (Å²) in [7, 11) is 0. The van der Waals surface area contributed by atoms with E-state index < -0.39 is 24.3 Å². The van der Waals surface area contributed by atoms with E-state index in [1.165, 1.54) is 0 Å². The third-order valence-corrected chi connectivity index (χ3v) is 2.38. The van der Waals surface area contributed by atoms with Gasteiger partial charge in [-0.25, -0.2) is 0 Å². The summed E-state index contributed by atoms with van der Waals surface area (Å²) in [4.78, 5) is 21.3. The van der Waals surface area contributed by atoms with Crippen molar-refractivity contribution in [2.45, 2.75) is 6.42 Å². The number of nitrogens with one attached hydrogen (secondary N) is 1. The number of hydrogen-bond donors (Lipinski definition) is 3. The Balaban J connectivity index is 2.57. The molecule has 0 aromatic heterocycles. The van der Waals surface area contributed by atoms with Crippen molar-refractivity contribution in [3.05, 3.63) is 29.3 Å². The van der Waals surface area contributed by atoms with Crippen molar-refractivity contribution in [3.8, 4) is 0 Å². The van der Waals surface area contributed by atoms with Gasteiger partial charge in [-0.05, 0) is 18.2 Å². The summed E-state index contributed by atoms with van der Waals surface area (Å²) in [6.07, 6.45) is -0.414. The number of carbonyl (C=O) groups is 2. The van der Waals surface area contributed by atoms with Crippen molar-refractivity contribution in [2.75, 3.05) is 11.9 Å². The molecule has 0 saturated heterocycles. The van der Waals surface area contributed by atoms with Gasteiger partial charge in [-0.2, -0.15) is 0 Å². The molecule has 1 aromatic rings. The van der Waals surface area contributed by atoms with Crippen LogP contribution < -0.4 is 5.32 Å². The molecule has 5 nitrogen and oxygen atoms in total. The molecule has 1 atom stereocenters. The highest BCUT2D eigenvalue weighted by molar-refractivity contribution is 6.30. The number of rotatable bonds is 6. The lowest BCUT2D eigenvalue weighted by Gasteiger charge is -2.12. The van der Waals surface area contributed by atoms with E-state index in [0.29, 0.717) is 10.7 Å². The number of carboxylic acid groups (broad SMARTS) is 2. The zero-order valence-electron chi connectivity index (χ0n) is 8.89. The molecule has 3 N–H and O–H groups in total. The maximum Gasteiger partial charge on any atom is 0.308 e. The SMILES string of the molecule is O=C(O)CC(CNc1cccc(Cl)c1)C(=O)O. The number of halogens is 1. The summed E-state index contributed by atoms with van der Waals surface area (Å²) in [5.74, 6) is -3.24. The summed E-state index contributed by atoms with van der Waals surface area (Å²) in [5, 5.41) is 20.8. The molecular formula is C11H12ClNO4. The van der Waals surface area contributed by atoms with Crippen LogP contribution in [0.3, 0.4) is 0 Å². The van der Waals surface area contributed by atoms with Crippen LogP contribution >= 0.6 is 11.6 Å². The van der Waals surface area contributed by atoms with E-state index in [1.807, 2.05) is 0 Å². The number of aliphatic carboxylic acids is 2. The first-order chi connectivity index (χ1) is 7.99. The third kappa shape index (κ3) is 4.74. The fourth-order valence-corrected chi connectivity index (χ4v) is 1.49. The Morgan fingerprint density at radius 2 is 2.06 bits per heavy atom. The molecule has 1 unspecified atom stereocenters. The predicted molar refractivity (Wildman–Crippen MR) is 63.3 cm³/mol. The maximum absolute atomic E-state index is 10.8. The average molecular weight is 258 g/mol. The molecule has 0 amide bonds. The second-order valence-electron chi connectivity index (χ2n) is 3.52. The Labute approximate surface area is 103 Å². The van der Waals surface area contributed by atoms with Crippen LogP contribution in [-0.2, 0) is 9.59 Å². The van der Waals surface area contributed by atoms with Gasteiger partial charge in [0.25, 0.3) is 0 Å². The van der Waals surface area contributed by atoms with E-state index in [-0.39, 0.29) is 6.54 Å². The normalized spacial score (nSPS) is 11.8. The number of benzene rings is 1. The minimum absolute atomic E-state index is 0.0436. The fourth-order valence-electron chi connectivity index (χ4n) is 1.30. The number of anilines is 1. The molecule has 0 aliphatic rings. The molecule has 0 radical (unpaired) electrons. The molecule has 17 heavy (non-hydrogen) atoms.